The Morgan fingerprint density at radius 3 is 2.50 bits per heavy atom. The summed E-state index contributed by atoms with van der Waals surface area (Å²) in [7, 11) is 1.44. The van der Waals surface area contributed by atoms with Gasteiger partial charge in [0.1, 0.15) is 0 Å². The van der Waals surface area contributed by atoms with E-state index in [1.165, 1.54) is 25.3 Å². The molecule has 1 aromatic carbocycles. The third-order valence-electron chi connectivity index (χ3n) is 3.11. The number of alkyl halides is 2. The summed E-state index contributed by atoms with van der Waals surface area (Å²) >= 11 is 5.96. The molecule has 0 aliphatic heterocycles. The first-order valence-corrected chi connectivity index (χ1v) is 7.58. The topological polar surface area (TPSA) is 21.6 Å². The predicted octanol–water partition coefficient (Wildman–Crippen LogP) is 5.96. The van der Waals surface area contributed by atoms with Crippen LogP contribution in [0.15, 0.2) is 77.5 Å². The Morgan fingerprint density at radius 2 is 2.04 bits per heavy atom. The van der Waals surface area contributed by atoms with Crippen molar-refractivity contribution in [1.29, 1.82) is 0 Å². The van der Waals surface area contributed by atoms with E-state index in [4.69, 9.17) is 16.3 Å². The molecular weight excluding hydrogens is 332 g/mol. The zero-order chi connectivity index (χ0) is 18.3. The van der Waals surface area contributed by atoms with E-state index in [0.29, 0.717) is 10.6 Å². The van der Waals surface area contributed by atoms with Crippen LogP contribution in [-0.4, -0.2) is 18.9 Å². The van der Waals surface area contributed by atoms with Gasteiger partial charge in [-0.15, -0.1) is 0 Å². The Labute approximate surface area is 146 Å². The zero-order valence-electron chi connectivity index (χ0n) is 13.9. The highest BCUT2D eigenvalue weighted by Crippen LogP contribution is 2.31. The van der Waals surface area contributed by atoms with Crippen LogP contribution in [0.5, 0.6) is 0 Å². The second kappa shape index (κ2) is 8.60. The smallest absolute Gasteiger partial charge is 0.271 e. The van der Waals surface area contributed by atoms with Crippen molar-refractivity contribution in [2.24, 2.45) is 4.99 Å². The van der Waals surface area contributed by atoms with E-state index in [2.05, 4.69) is 18.2 Å². The van der Waals surface area contributed by atoms with E-state index in [1.807, 2.05) is 0 Å². The van der Waals surface area contributed by atoms with Gasteiger partial charge in [-0.05, 0) is 25.1 Å². The molecule has 0 saturated carbocycles. The second-order valence-corrected chi connectivity index (χ2v) is 5.43. The van der Waals surface area contributed by atoms with Gasteiger partial charge in [0.25, 0.3) is 5.92 Å². The number of halogens is 3. The maximum atomic E-state index is 13.9. The number of rotatable bonds is 6. The summed E-state index contributed by atoms with van der Waals surface area (Å²) < 4.78 is 33.0. The molecule has 0 aliphatic carbocycles. The van der Waals surface area contributed by atoms with E-state index < -0.39 is 5.92 Å². The molecule has 0 spiro atoms. The van der Waals surface area contributed by atoms with E-state index >= 15 is 0 Å². The van der Waals surface area contributed by atoms with Crippen molar-refractivity contribution in [3.05, 3.63) is 83.1 Å². The lowest BCUT2D eigenvalue weighted by atomic mass is 10.00. The highest BCUT2D eigenvalue weighted by molar-refractivity contribution is 6.30. The summed E-state index contributed by atoms with van der Waals surface area (Å²) in [6, 6.07) is 6.87. The van der Waals surface area contributed by atoms with Crippen LogP contribution in [-0.2, 0) is 4.74 Å². The molecule has 2 nitrogen and oxygen atoms in total. The fourth-order valence-corrected chi connectivity index (χ4v) is 2.25. The molecule has 5 heteroatoms. The van der Waals surface area contributed by atoms with E-state index in [1.54, 1.807) is 31.2 Å². The van der Waals surface area contributed by atoms with Crippen LogP contribution < -0.4 is 0 Å². The van der Waals surface area contributed by atoms with Crippen LogP contribution in [0.2, 0.25) is 5.02 Å². The van der Waals surface area contributed by atoms with Crippen molar-refractivity contribution < 1.29 is 13.5 Å². The molecule has 0 aliphatic rings. The van der Waals surface area contributed by atoms with Crippen LogP contribution in [0.1, 0.15) is 19.4 Å². The van der Waals surface area contributed by atoms with Gasteiger partial charge in [0.15, 0.2) is 0 Å². The summed E-state index contributed by atoms with van der Waals surface area (Å²) in [5.74, 6) is -2.83. The Kier molecular flexibility index (Phi) is 7.11. The molecule has 0 atom stereocenters. The van der Waals surface area contributed by atoms with Crippen LogP contribution >= 0.6 is 11.6 Å². The Bertz CT molecular complexity index is 712. The SMILES string of the molecule is C=C/C(C(=C)N=C(OC)c1cccc(Cl)c1)=C(\C=C/C)C(C)(F)F. The molecule has 0 heterocycles. The zero-order valence-corrected chi connectivity index (χ0v) is 14.7. The minimum atomic E-state index is -3.06. The number of nitrogens with zero attached hydrogens (tertiary/aromatic N) is 1. The van der Waals surface area contributed by atoms with Crippen LogP contribution in [0.4, 0.5) is 8.78 Å². The van der Waals surface area contributed by atoms with Gasteiger partial charge in [0.05, 0.1) is 12.8 Å². The normalized spacial score (nSPS) is 13.7. The molecule has 0 N–H and O–H groups in total. The third-order valence-corrected chi connectivity index (χ3v) is 3.35. The average molecular weight is 352 g/mol. The molecule has 0 bridgehead atoms. The highest BCUT2D eigenvalue weighted by Gasteiger charge is 2.28. The van der Waals surface area contributed by atoms with Crippen molar-refractivity contribution >= 4 is 17.5 Å². The quantitative estimate of drug-likeness (QED) is 0.352. The lowest BCUT2D eigenvalue weighted by Crippen LogP contribution is -2.15. The van der Waals surface area contributed by atoms with E-state index in [9.17, 15) is 8.78 Å². The summed E-state index contributed by atoms with van der Waals surface area (Å²) in [6.45, 7) is 9.86. The monoisotopic (exact) mass is 351 g/mol. The third kappa shape index (κ3) is 5.17. The number of allylic oxidation sites excluding steroid dienone is 4. The van der Waals surface area contributed by atoms with Crippen molar-refractivity contribution in [2.75, 3.05) is 7.11 Å². The molecular formula is C19H20ClF2NO. The van der Waals surface area contributed by atoms with Crippen molar-refractivity contribution in [2.45, 2.75) is 19.8 Å². The first kappa shape index (κ1) is 19.8. The summed E-state index contributed by atoms with van der Waals surface area (Å²) in [4.78, 5) is 4.24. The Balaban J connectivity index is 3.42. The molecule has 0 amide bonds. The molecule has 0 aromatic heterocycles. The molecule has 0 saturated heterocycles. The largest absolute Gasteiger partial charge is 0.481 e. The molecule has 1 rings (SSSR count). The number of hydrogen-bond donors (Lipinski definition) is 0. The van der Waals surface area contributed by atoms with Crippen molar-refractivity contribution in [3.8, 4) is 0 Å². The van der Waals surface area contributed by atoms with E-state index in [-0.39, 0.29) is 22.7 Å². The van der Waals surface area contributed by atoms with Crippen LogP contribution in [0.3, 0.4) is 0 Å². The Hall–Kier alpha value is -2.20. The molecule has 0 unspecified atom stereocenters. The summed E-state index contributed by atoms with van der Waals surface area (Å²) in [6.07, 6.45) is 4.16. The van der Waals surface area contributed by atoms with Gasteiger partial charge in [-0.1, -0.05) is 49.1 Å². The Morgan fingerprint density at radius 1 is 1.38 bits per heavy atom. The molecule has 128 valence electrons. The molecule has 0 radical (unpaired) electrons. The van der Waals surface area contributed by atoms with Gasteiger partial charge in [0.2, 0.25) is 5.90 Å². The number of aliphatic imine (C=N–C) groups is 1. The number of benzene rings is 1. The standard InChI is InChI=1S/C19H20ClF2NO/c1-6-9-17(19(4,21)22)16(7-2)13(3)23-18(24-5)14-10-8-11-15(20)12-14/h6-12H,2-3H2,1,4-5H3/b9-6-,17-16-,23-18?. The van der Waals surface area contributed by atoms with Crippen molar-refractivity contribution in [3.63, 3.8) is 0 Å². The molecule has 24 heavy (non-hydrogen) atoms. The molecule has 0 fully saturated rings. The van der Waals surface area contributed by atoms with Gasteiger partial charge in [-0.25, -0.2) is 13.8 Å². The maximum absolute atomic E-state index is 13.9. The lowest BCUT2D eigenvalue weighted by Gasteiger charge is -2.16. The number of methoxy groups -OCH3 is 1. The van der Waals surface area contributed by atoms with Gasteiger partial charge < -0.3 is 4.74 Å². The van der Waals surface area contributed by atoms with E-state index in [0.717, 1.165) is 6.92 Å². The fraction of sp³-hybridized carbons (Fsp3) is 0.211. The molecule has 1 aromatic rings. The predicted molar refractivity (Wildman–Crippen MR) is 96.8 cm³/mol. The fourth-order valence-electron chi connectivity index (χ4n) is 2.05. The summed E-state index contributed by atoms with van der Waals surface area (Å²) in [5, 5.41) is 0.511. The lowest BCUT2D eigenvalue weighted by molar-refractivity contribution is 0.0668. The van der Waals surface area contributed by atoms with Gasteiger partial charge in [-0.3, -0.25) is 0 Å². The minimum absolute atomic E-state index is 0.122. The average Bonchev–Trinajstić information content (AvgIpc) is 2.51. The maximum Gasteiger partial charge on any atom is 0.271 e. The van der Waals surface area contributed by atoms with Gasteiger partial charge >= 0.3 is 0 Å². The summed E-state index contributed by atoms with van der Waals surface area (Å²) in [5.41, 5.74) is 0.675. The number of hydrogen-bond acceptors (Lipinski definition) is 2. The van der Waals surface area contributed by atoms with Gasteiger partial charge in [-0.2, -0.15) is 0 Å². The van der Waals surface area contributed by atoms with Crippen LogP contribution in [0, 0.1) is 0 Å². The van der Waals surface area contributed by atoms with Gasteiger partial charge in [0, 0.05) is 28.7 Å². The minimum Gasteiger partial charge on any atom is -0.481 e. The second-order valence-electron chi connectivity index (χ2n) is 5.00. The first-order chi connectivity index (χ1) is 11.2. The highest BCUT2D eigenvalue weighted by atomic mass is 35.5. The first-order valence-electron chi connectivity index (χ1n) is 7.20. The number of ether oxygens (including phenoxy) is 1. The van der Waals surface area contributed by atoms with Crippen molar-refractivity contribution in [1.82, 2.24) is 0 Å². The van der Waals surface area contributed by atoms with Crippen LogP contribution in [0.25, 0.3) is 0 Å².